The zero-order valence-electron chi connectivity index (χ0n) is 11.7. The Hall–Kier alpha value is -1.35. The van der Waals surface area contributed by atoms with E-state index in [2.05, 4.69) is 47.2 Å². The monoisotopic (exact) mass is 335 g/mol. The SMILES string of the molecule is CC(C)CC(Nc1ccc(F)cc1Br)c1ccccc1. The van der Waals surface area contributed by atoms with E-state index in [4.69, 9.17) is 0 Å². The maximum Gasteiger partial charge on any atom is 0.124 e. The van der Waals surface area contributed by atoms with Gasteiger partial charge in [-0.1, -0.05) is 44.2 Å². The fourth-order valence-corrected chi connectivity index (χ4v) is 2.69. The molecule has 0 aliphatic carbocycles. The first-order valence-corrected chi connectivity index (χ1v) is 7.62. The van der Waals surface area contributed by atoms with Crippen molar-refractivity contribution in [3.63, 3.8) is 0 Å². The third kappa shape index (κ3) is 4.07. The zero-order chi connectivity index (χ0) is 14.5. The van der Waals surface area contributed by atoms with Gasteiger partial charge in [0.2, 0.25) is 0 Å². The summed E-state index contributed by atoms with van der Waals surface area (Å²) in [5, 5.41) is 3.51. The third-order valence-corrected chi connectivity index (χ3v) is 3.83. The first kappa shape index (κ1) is 15.0. The number of rotatable bonds is 5. The third-order valence-electron chi connectivity index (χ3n) is 3.17. The van der Waals surface area contributed by atoms with Gasteiger partial charge in [-0.15, -0.1) is 0 Å². The van der Waals surface area contributed by atoms with Crippen molar-refractivity contribution in [1.82, 2.24) is 0 Å². The minimum absolute atomic E-state index is 0.220. The molecule has 1 unspecified atom stereocenters. The van der Waals surface area contributed by atoms with Gasteiger partial charge in [-0.2, -0.15) is 0 Å². The summed E-state index contributed by atoms with van der Waals surface area (Å²) in [6.45, 7) is 4.41. The molecule has 20 heavy (non-hydrogen) atoms. The maximum atomic E-state index is 13.2. The van der Waals surface area contributed by atoms with Crippen molar-refractivity contribution >= 4 is 21.6 Å². The number of nitrogens with one attached hydrogen (secondary N) is 1. The van der Waals surface area contributed by atoms with E-state index in [1.165, 1.54) is 17.7 Å². The maximum absolute atomic E-state index is 13.2. The molecule has 106 valence electrons. The molecular formula is C17H19BrFN. The average Bonchev–Trinajstić information content (AvgIpc) is 2.41. The lowest BCUT2D eigenvalue weighted by Gasteiger charge is -2.23. The average molecular weight is 336 g/mol. The molecule has 2 rings (SSSR count). The molecule has 0 aromatic heterocycles. The van der Waals surface area contributed by atoms with Gasteiger partial charge in [0.1, 0.15) is 5.82 Å². The fraction of sp³-hybridized carbons (Fsp3) is 0.294. The normalized spacial score (nSPS) is 12.4. The highest BCUT2D eigenvalue weighted by Gasteiger charge is 2.14. The molecule has 0 amide bonds. The summed E-state index contributed by atoms with van der Waals surface area (Å²) in [5.74, 6) is 0.342. The Morgan fingerprint density at radius 2 is 1.80 bits per heavy atom. The molecule has 1 N–H and O–H groups in total. The summed E-state index contributed by atoms with van der Waals surface area (Å²) < 4.78 is 13.9. The molecular weight excluding hydrogens is 317 g/mol. The number of halogens is 2. The van der Waals surface area contributed by atoms with E-state index >= 15 is 0 Å². The second kappa shape index (κ2) is 6.89. The zero-order valence-corrected chi connectivity index (χ0v) is 13.3. The summed E-state index contributed by atoms with van der Waals surface area (Å²) in [6, 6.07) is 15.3. The highest BCUT2D eigenvalue weighted by molar-refractivity contribution is 9.10. The highest BCUT2D eigenvalue weighted by atomic mass is 79.9. The van der Waals surface area contributed by atoms with Crippen LogP contribution in [0.15, 0.2) is 53.0 Å². The molecule has 0 heterocycles. The second-order valence-electron chi connectivity index (χ2n) is 5.36. The Kier molecular flexibility index (Phi) is 5.18. The van der Waals surface area contributed by atoms with E-state index in [0.29, 0.717) is 5.92 Å². The van der Waals surface area contributed by atoms with E-state index in [0.717, 1.165) is 16.6 Å². The predicted octanol–water partition coefficient (Wildman–Crippen LogP) is 5.79. The summed E-state index contributed by atoms with van der Waals surface area (Å²) in [6.07, 6.45) is 1.02. The summed E-state index contributed by atoms with van der Waals surface area (Å²) in [7, 11) is 0. The molecule has 0 saturated carbocycles. The summed E-state index contributed by atoms with van der Waals surface area (Å²) in [4.78, 5) is 0. The molecule has 1 atom stereocenters. The quantitative estimate of drug-likeness (QED) is 0.729. The highest BCUT2D eigenvalue weighted by Crippen LogP contribution is 2.30. The lowest BCUT2D eigenvalue weighted by molar-refractivity contribution is 0.530. The van der Waals surface area contributed by atoms with Gasteiger partial charge in [-0.3, -0.25) is 0 Å². The van der Waals surface area contributed by atoms with Crippen molar-refractivity contribution in [2.24, 2.45) is 5.92 Å². The van der Waals surface area contributed by atoms with E-state index < -0.39 is 0 Å². The standard InChI is InChI=1S/C17H19BrFN/c1-12(2)10-17(13-6-4-3-5-7-13)20-16-9-8-14(19)11-15(16)18/h3-9,11-12,17,20H,10H2,1-2H3. The van der Waals surface area contributed by atoms with Gasteiger partial charge < -0.3 is 5.32 Å². The van der Waals surface area contributed by atoms with Gasteiger partial charge in [-0.25, -0.2) is 4.39 Å². The van der Waals surface area contributed by atoms with Crippen molar-refractivity contribution < 1.29 is 4.39 Å². The summed E-state index contributed by atoms with van der Waals surface area (Å²) >= 11 is 3.41. The van der Waals surface area contributed by atoms with Gasteiger partial charge in [0.25, 0.3) is 0 Å². The molecule has 0 bridgehead atoms. The van der Waals surface area contributed by atoms with Gasteiger partial charge in [0.05, 0.1) is 6.04 Å². The fourth-order valence-electron chi connectivity index (χ4n) is 2.23. The Morgan fingerprint density at radius 3 is 2.40 bits per heavy atom. The van der Waals surface area contributed by atoms with E-state index in [9.17, 15) is 4.39 Å². The van der Waals surface area contributed by atoms with Gasteiger partial charge in [0.15, 0.2) is 0 Å². The molecule has 0 saturated heterocycles. The van der Waals surface area contributed by atoms with Crippen molar-refractivity contribution in [2.45, 2.75) is 26.3 Å². The Bertz CT molecular complexity index is 554. The Balaban J connectivity index is 2.24. The van der Waals surface area contributed by atoms with Gasteiger partial charge in [-0.05, 0) is 52.0 Å². The molecule has 2 aromatic carbocycles. The first-order valence-electron chi connectivity index (χ1n) is 6.83. The van der Waals surface area contributed by atoms with Crippen LogP contribution in [0.1, 0.15) is 31.9 Å². The molecule has 0 aliphatic heterocycles. The molecule has 0 fully saturated rings. The smallest absolute Gasteiger partial charge is 0.124 e. The van der Waals surface area contributed by atoms with Crippen LogP contribution in [-0.2, 0) is 0 Å². The minimum Gasteiger partial charge on any atom is -0.377 e. The number of hydrogen-bond donors (Lipinski definition) is 1. The number of anilines is 1. The van der Waals surface area contributed by atoms with Gasteiger partial charge >= 0.3 is 0 Å². The topological polar surface area (TPSA) is 12.0 Å². The van der Waals surface area contributed by atoms with E-state index in [1.54, 1.807) is 6.07 Å². The lowest BCUT2D eigenvalue weighted by atomic mass is 9.97. The van der Waals surface area contributed by atoms with Crippen LogP contribution in [0, 0.1) is 11.7 Å². The molecule has 0 aliphatic rings. The molecule has 0 radical (unpaired) electrons. The van der Waals surface area contributed by atoms with Crippen molar-refractivity contribution in [2.75, 3.05) is 5.32 Å². The van der Waals surface area contributed by atoms with Crippen LogP contribution >= 0.6 is 15.9 Å². The second-order valence-corrected chi connectivity index (χ2v) is 6.22. The number of benzene rings is 2. The minimum atomic E-state index is -0.234. The summed E-state index contributed by atoms with van der Waals surface area (Å²) in [5.41, 5.74) is 2.17. The van der Waals surface area contributed by atoms with Crippen LogP contribution in [0.5, 0.6) is 0 Å². The van der Waals surface area contributed by atoms with Gasteiger partial charge in [0, 0.05) is 10.2 Å². The van der Waals surface area contributed by atoms with Crippen molar-refractivity contribution in [3.8, 4) is 0 Å². The predicted molar refractivity (Wildman–Crippen MR) is 86.4 cm³/mol. The van der Waals surface area contributed by atoms with Crippen LogP contribution in [0.3, 0.4) is 0 Å². The van der Waals surface area contributed by atoms with Crippen molar-refractivity contribution in [3.05, 3.63) is 64.4 Å². The number of hydrogen-bond acceptors (Lipinski definition) is 1. The van der Waals surface area contributed by atoms with Crippen molar-refractivity contribution in [1.29, 1.82) is 0 Å². The molecule has 1 nitrogen and oxygen atoms in total. The van der Waals surface area contributed by atoms with E-state index in [-0.39, 0.29) is 11.9 Å². The van der Waals surface area contributed by atoms with Crippen LogP contribution in [0.25, 0.3) is 0 Å². The Morgan fingerprint density at radius 1 is 1.10 bits per heavy atom. The Labute approximate surface area is 128 Å². The van der Waals surface area contributed by atoms with Crippen LogP contribution < -0.4 is 5.32 Å². The lowest BCUT2D eigenvalue weighted by Crippen LogP contribution is -2.13. The molecule has 0 spiro atoms. The molecule has 3 heteroatoms. The molecule has 2 aromatic rings. The van der Waals surface area contributed by atoms with E-state index in [1.807, 2.05) is 18.2 Å². The first-order chi connectivity index (χ1) is 9.56. The van der Waals surface area contributed by atoms with Crippen LogP contribution in [0.2, 0.25) is 0 Å². The van der Waals surface area contributed by atoms with Crippen LogP contribution in [0.4, 0.5) is 10.1 Å². The largest absolute Gasteiger partial charge is 0.377 e. The van der Waals surface area contributed by atoms with Crippen LogP contribution in [-0.4, -0.2) is 0 Å².